The minimum absolute atomic E-state index is 0.500. The van der Waals surface area contributed by atoms with Crippen molar-refractivity contribution in [3.05, 3.63) is 146 Å². The Morgan fingerprint density at radius 1 is 1.13 bits per heavy atom. The van der Waals surface area contributed by atoms with E-state index in [-0.39, 0.29) is 0 Å². The van der Waals surface area contributed by atoms with E-state index in [9.17, 15) is 4.39 Å². The molecule has 6 heteroatoms. The highest BCUT2D eigenvalue weighted by Gasteiger charge is 2.27. The Labute approximate surface area is 283 Å². The topological polar surface area (TPSA) is 39.8 Å². The molecule has 0 radical (unpaired) electrons. The molecule has 5 rings (SSSR count). The third kappa shape index (κ3) is 10.5. The molecule has 0 aromatic heterocycles. The number of anilines is 1. The van der Waals surface area contributed by atoms with Crippen molar-refractivity contribution in [2.75, 3.05) is 31.7 Å². The Morgan fingerprint density at radius 2 is 1.81 bits per heavy atom. The fourth-order valence-corrected chi connectivity index (χ4v) is 5.36. The van der Waals surface area contributed by atoms with Gasteiger partial charge in [0.15, 0.2) is 5.75 Å². The lowest BCUT2D eigenvalue weighted by molar-refractivity contribution is 0.426. The standard InChI is InChI=1S/C33H35N3O.C5H11N.C2H6.CH3F/c1-8-18-35(9-2)19-12-17-34-31-16-15-29-24(5)30(23(3)4)22-36(25(29)6)32-20-27-13-10-11-14-28(27)21-33(32)37-26(31)7;1-5-3-2-4-6-5;2*1-2/h8-11,13-16,18,20-22,34H,2-3,5-7,12,17,19H2,1,4H3;5-6H,2-4H2,1H3;1-2H3;1H3/b18-8-,29-15?,31-16?;;;. The third-order valence-electron chi connectivity index (χ3n) is 7.80. The highest BCUT2D eigenvalue weighted by Crippen LogP contribution is 2.43. The molecular weight excluding hydrogens is 583 g/mol. The van der Waals surface area contributed by atoms with Gasteiger partial charge in [-0.2, -0.15) is 0 Å². The van der Waals surface area contributed by atoms with Gasteiger partial charge in [-0.1, -0.05) is 83.2 Å². The summed E-state index contributed by atoms with van der Waals surface area (Å²) in [5.41, 5.74) is 6.28. The molecule has 1 saturated heterocycles. The third-order valence-corrected chi connectivity index (χ3v) is 7.80. The summed E-state index contributed by atoms with van der Waals surface area (Å²) in [6, 6.07) is 13.2. The molecular formula is C41H55FN4O. The van der Waals surface area contributed by atoms with E-state index < -0.39 is 0 Å². The highest BCUT2D eigenvalue weighted by atomic mass is 19.1. The molecule has 3 aliphatic rings. The molecule has 0 spiro atoms. The van der Waals surface area contributed by atoms with Crippen LogP contribution in [0.2, 0.25) is 0 Å². The van der Waals surface area contributed by atoms with Crippen LogP contribution in [-0.4, -0.2) is 37.8 Å². The molecule has 3 aliphatic heterocycles. The molecule has 2 aromatic rings. The van der Waals surface area contributed by atoms with Gasteiger partial charge in [-0.25, -0.2) is 0 Å². The van der Waals surface area contributed by atoms with Crippen LogP contribution in [-0.2, 0) is 0 Å². The summed E-state index contributed by atoms with van der Waals surface area (Å²) in [6.45, 7) is 34.2. The van der Waals surface area contributed by atoms with E-state index in [1.54, 1.807) is 0 Å². The number of hydrogen-bond donors (Lipinski definition) is 2. The summed E-state index contributed by atoms with van der Waals surface area (Å²) in [5, 5.41) is 9.04. The van der Waals surface area contributed by atoms with Crippen molar-refractivity contribution in [2.24, 2.45) is 0 Å². The van der Waals surface area contributed by atoms with Crippen molar-refractivity contribution >= 4 is 16.5 Å². The van der Waals surface area contributed by atoms with Crippen LogP contribution in [0.1, 0.15) is 53.9 Å². The molecule has 0 aliphatic carbocycles. The number of hydrogen-bond acceptors (Lipinski definition) is 5. The van der Waals surface area contributed by atoms with E-state index in [0.29, 0.717) is 18.7 Å². The van der Waals surface area contributed by atoms with Gasteiger partial charge in [0.2, 0.25) is 0 Å². The van der Waals surface area contributed by atoms with Crippen molar-refractivity contribution in [1.29, 1.82) is 0 Å². The number of nitrogens with one attached hydrogen (secondary N) is 2. The van der Waals surface area contributed by atoms with Gasteiger partial charge in [0, 0.05) is 42.2 Å². The fraction of sp³-hybridized carbons (Fsp3) is 0.317. The number of nitrogens with zero attached hydrogens (tertiary/aromatic N) is 2. The Balaban J connectivity index is 0.000000671. The number of fused-ring (bicyclic) bond motifs is 5. The van der Waals surface area contributed by atoms with Crippen LogP contribution in [0.4, 0.5) is 10.1 Å². The molecule has 0 saturated carbocycles. The van der Waals surface area contributed by atoms with Crippen molar-refractivity contribution in [3.63, 3.8) is 0 Å². The minimum atomic E-state index is 0.500. The van der Waals surface area contributed by atoms with Crippen molar-refractivity contribution < 1.29 is 9.13 Å². The second kappa shape index (κ2) is 19.9. The van der Waals surface area contributed by atoms with Crippen LogP contribution in [0.3, 0.4) is 0 Å². The zero-order valence-electron chi connectivity index (χ0n) is 29.5. The number of halogens is 1. The molecule has 252 valence electrons. The highest BCUT2D eigenvalue weighted by molar-refractivity contribution is 5.91. The average molecular weight is 639 g/mol. The summed E-state index contributed by atoms with van der Waals surface area (Å²) in [6.07, 6.45) is 15.6. The predicted octanol–water partition coefficient (Wildman–Crippen LogP) is 10.2. The normalized spacial score (nSPS) is 16.8. The lowest BCUT2D eigenvalue weighted by Crippen LogP contribution is -2.25. The van der Waals surface area contributed by atoms with Crippen LogP contribution in [0.5, 0.6) is 5.75 Å². The molecule has 2 N–H and O–H groups in total. The van der Waals surface area contributed by atoms with E-state index >= 15 is 0 Å². The number of benzene rings is 2. The SMILES string of the molecule is C=CN(/C=C\C)CCCNC1=CC=C2C(=C)C(C(=C)C)=CN(C2=C)c2cc3ccccc3cc2OC1=C.CC.CC1CCCN1.CF. The maximum Gasteiger partial charge on any atom is 0.152 e. The first-order valence-corrected chi connectivity index (χ1v) is 16.5. The van der Waals surface area contributed by atoms with Crippen LogP contribution in [0, 0.1) is 0 Å². The van der Waals surface area contributed by atoms with Crippen molar-refractivity contribution in [3.8, 4) is 5.75 Å². The number of alkyl halides is 1. The second-order valence-electron chi connectivity index (χ2n) is 11.2. The Bertz CT molecular complexity index is 1540. The molecule has 0 amide bonds. The maximum absolute atomic E-state index is 9.50. The van der Waals surface area contributed by atoms with Gasteiger partial charge in [0.1, 0.15) is 5.76 Å². The van der Waals surface area contributed by atoms with E-state index in [1.807, 2.05) is 76.7 Å². The smallest absolute Gasteiger partial charge is 0.152 e. The summed E-state index contributed by atoms with van der Waals surface area (Å²) >= 11 is 0. The summed E-state index contributed by atoms with van der Waals surface area (Å²) < 4.78 is 15.9. The van der Waals surface area contributed by atoms with Crippen molar-refractivity contribution in [2.45, 2.75) is 59.9 Å². The molecule has 1 fully saturated rings. The average Bonchev–Trinajstić information content (AvgIpc) is 3.57. The number of ether oxygens (including phenoxy) is 1. The largest absolute Gasteiger partial charge is 0.454 e. The lowest BCUT2D eigenvalue weighted by Gasteiger charge is -2.34. The minimum Gasteiger partial charge on any atom is -0.454 e. The van der Waals surface area contributed by atoms with Crippen LogP contribution in [0.25, 0.3) is 10.8 Å². The first-order chi connectivity index (χ1) is 22.7. The van der Waals surface area contributed by atoms with Gasteiger partial charge in [0.25, 0.3) is 0 Å². The molecule has 1 atom stereocenters. The number of rotatable bonds is 8. The van der Waals surface area contributed by atoms with E-state index in [4.69, 9.17) is 4.74 Å². The van der Waals surface area contributed by atoms with E-state index in [2.05, 4.69) is 84.5 Å². The molecule has 3 heterocycles. The summed E-state index contributed by atoms with van der Waals surface area (Å²) in [5.74, 6) is 1.25. The van der Waals surface area contributed by atoms with Gasteiger partial charge in [-0.15, -0.1) is 0 Å². The lowest BCUT2D eigenvalue weighted by atomic mass is 9.89. The Hall–Kier alpha value is -4.55. The van der Waals surface area contributed by atoms with Gasteiger partial charge in [0.05, 0.1) is 18.6 Å². The predicted molar refractivity (Wildman–Crippen MR) is 203 cm³/mol. The number of allylic oxidation sites excluding steroid dienone is 6. The summed E-state index contributed by atoms with van der Waals surface area (Å²) in [4.78, 5) is 4.13. The van der Waals surface area contributed by atoms with Crippen molar-refractivity contribution in [1.82, 2.24) is 15.5 Å². The monoisotopic (exact) mass is 638 g/mol. The van der Waals surface area contributed by atoms with Crippen LogP contribution < -0.4 is 20.3 Å². The zero-order valence-corrected chi connectivity index (χ0v) is 29.5. The van der Waals surface area contributed by atoms with Gasteiger partial charge >= 0.3 is 0 Å². The Morgan fingerprint density at radius 3 is 2.36 bits per heavy atom. The van der Waals surface area contributed by atoms with Crippen LogP contribution in [0.15, 0.2) is 146 Å². The second-order valence-corrected chi connectivity index (χ2v) is 11.2. The summed E-state index contributed by atoms with van der Waals surface area (Å²) in [7, 11) is 0.500. The first kappa shape index (κ1) is 38.6. The fourth-order valence-electron chi connectivity index (χ4n) is 5.36. The quantitative estimate of drug-likeness (QED) is 0.282. The maximum atomic E-state index is 9.50. The molecule has 1 unspecified atom stereocenters. The molecule has 5 nitrogen and oxygen atoms in total. The molecule has 2 bridgehead atoms. The molecule has 47 heavy (non-hydrogen) atoms. The first-order valence-electron chi connectivity index (χ1n) is 16.5. The van der Waals surface area contributed by atoms with Gasteiger partial charge in [-0.05, 0) is 99.1 Å². The van der Waals surface area contributed by atoms with Gasteiger partial charge < -0.3 is 25.2 Å². The molecule has 2 aromatic carbocycles. The Kier molecular flexibility index (Phi) is 16.3. The van der Waals surface area contributed by atoms with E-state index in [1.165, 1.54) is 19.4 Å². The van der Waals surface area contributed by atoms with Crippen LogP contribution >= 0.6 is 0 Å². The van der Waals surface area contributed by atoms with E-state index in [0.717, 1.165) is 75.7 Å². The zero-order chi connectivity index (χ0) is 34.9. The van der Waals surface area contributed by atoms with Gasteiger partial charge in [-0.3, -0.25) is 4.39 Å².